The molecule has 0 N–H and O–H groups in total. The van der Waals surface area contributed by atoms with Crippen LogP contribution in [0.25, 0.3) is 67.1 Å². The summed E-state index contributed by atoms with van der Waals surface area (Å²) in [6, 6.07) is 46.4. The van der Waals surface area contributed by atoms with E-state index < -0.39 is 0 Å². The molecule has 216 valence electrons. The highest BCUT2D eigenvalue weighted by Crippen LogP contribution is 2.48. The van der Waals surface area contributed by atoms with Gasteiger partial charge in [0.1, 0.15) is 11.2 Å². The maximum Gasteiger partial charge on any atom is 0.234 e. The van der Waals surface area contributed by atoms with Crippen LogP contribution in [-0.4, -0.2) is 21.0 Å². The Morgan fingerprint density at radius 3 is 2.24 bits per heavy atom. The molecular weight excluding hydrogens is 564 g/mol. The van der Waals surface area contributed by atoms with Crippen molar-refractivity contribution in [3.63, 3.8) is 0 Å². The average molecular weight is 591 g/mol. The SMILES string of the molecule is C1=c2ccccc2=C2c3c(ccc4ccccc34)N(c3nc(-c4ccccc4)nc(-c4ccc5c(c4)oc4ccccc45)n3)C2C1. The van der Waals surface area contributed by atoms with Crippen molar-refractivity contribution >= 4 is 56.0 Å². The molecule has 1 aliphatic heterocycles. The lowest BCUT2D eigenvalue weighted by atomic mass is 9.90. The summed E-state index contributed by atoms with van der Waals surface area (Å²) in [7, 11) is 0. The van der Waals surface area contributed by atoms with Gasteiger partial charge in [-0.1, -0.05) is 115 Å². The number of hydrogen-bond donors (Lipinski definition) is 0. The predicted molar refractivity (Wildman–Crippen MR) is 185 cm³/mol. The molecule has 0 fully saturated rings. The van der Waals surface area contributed by atoms with E-state index in [-0.39, 0.29) is 6.04 Å². The molecule has 3 heterocycles. The van der Waals surface area contributed by atoms with Crippen LogP contribution in [0.15, 0.2) is 138 Å². The van der Waals surface area contributed by atoms with E-state index in [1.54, 1.807) is 0 Å². The molecule has 0 radical (unpaired) electrons. The molecule has 2 aromatic heterocycles. The summed E-state index contributed by atoms with van der Waals surface area (Å²) in [6.07, 6.45) is 3.20. The van der Waals surface area contributed by atoms with E-state index in [0.29, 0.717) is 17.6 Å². The van der Waals surface area contributed by atoms with Gasteiger partial charge in [-0.3, -0.25) is 0 Å². The van der Waals surface area contributed by atoms with E-state index in [1.807, 2.05) is 36.4 Å². The number of nitrogens with zero attached hydrogens (tertiary/aromatic N) is 4. The van der Waals surface area contributed by atoms with E-state index >= 15 is 0 Å². The Morgan fingerprint density at radius 1 is 0.587 bits per heavy atom. The van der Waals surface area contributed by atoms with Gasteiger partial charge < -0.3 is 9.32 Å². The highest BCUT2D eigenvalue weighted by atomic mass is 16.3. The van der Waals surface area contributed by atoms with Crippen LogP contribution >= 0.6 is 0 Å². The molecule has 1 aliphatic carbocycles. The summed E-state index contributed by atoms with van der Waals surface area (Å²) in [6.45, 7) is 0. The molecule has 6 aromatic carbocycles. The van der Waals surface area contributed by atoms with Gasteiger partial charge in [0.2, 0.25) is 5.95 Å². The van der Waals surface area contributed by atoms with Crippen LogP contribution in [0, 0.1) is 0 Å². The van der Waals surface area contributed by atoms with Crippen molar-refractivity contribution in [1.82, 2.24) is 15.0 Å². The summed E-state index contributed by atoms with van der Waals surface area (Å²) in [5.74, 6) is 1.89. The van der Waals surface area contributed by atoms with Crippen LogP contribution in [-0.2, 0) is 0 Å². The second kappa shape index (κ2) is 9.71. The van der Waals surface area contributed by atoms with Crippen molar-refractivity contribution in [3.8, 4) is 22.8 Å². The Balaban J connectivity index is 1.24. The third kappa shape index (κ3) is 3.72. The molecule has 46 heavy (non-hydrogen) atoms. The Hall–Kier alpha value is -6.07. The molecule has 0 saturated carbocycles. The van der Waals surface area contributed by atoms with Gasteiger partial charge in [0.25, 0.3) is 0 Å². The van der Waals surface area contributed by atoms with E-state index in [0.717, 1.165) is 45.2 Å². The van der Waals surface area contributed by atoms with Crippen LogP contribution in [0.5, 0.6) is 0 Å². The van der Waals surface area contributed by atoms with Crippen molar-refractivity contribution in [3.05, 3.63) is 149 Å². The zero-order chi connectivity index (χ0) is 30.2. The van der Waals surface area contributed by atoms with E-state index in [4.69, 9.17) is 19.4 Å². The lowest BCUT2D eigenvalue weighted by Crippen LogP contribution is -2.39. The van der Waals surface area contributed by atoms with Crippen molar-refractivity contribution < 1.29 is 4.42 Å². The predicted octanol–water partition coefficient (Wildman–Crippen LogP) is 8.16. The van der Waals surface area contributed by atoms with E-state index in [1.165, 1.54) is 32.3 Å². The molecule has 1 atom stereocenters. The zero-order valence-electron chi connectivity index (χ0n) is 24.8. The molecule has 1 unspecified atom stereocenters. The first-order chi connectivity index (χ1) is 22.8. The van der Waals surface area contributed by atoms with Gasteiger partial charge in [0, 0.05) is 27.5 Å². The molecule has 5 nitrogen and oxygen atoms in total. The smallest absolute Gasteiger partial charge is 0.234 e. The number of para-hydroxylation sites is 1. The molecule has 0 spiro atoms. The summed E-state index contributed by atoms with van der Waals surface area (Å²) < 4.78 is 6.26. The number of furan rings is 1. The number of rotatable bonds is 3. The highest BCUT2D eigenvalue weighted by Gasteiger charge is 2.39. The molecular formula is C41H26N4O. The summed E-state index contributed by atoms with van der Waals surface area (Å²) in [5.41, 5.74) is 7.22. The Bertz CT molecular complexity index is 2640. The fourth-order valence-electron chi connectivity index (χ4n) is 7.33. The van der Waals surface area contributed by atoms with Gasteiger partial charge in [-0.15, -0.1) is 0 Å². The van der Waals surface area contributed by atoms with Gasteiger partial charge in [-0.25, -0.2) is 4.98 Å². The minimum Gasteiger partial charge on any atom is -0.456 e. The van der Waals surface area contributed by atoms with Crippen LogP contribution in [0.3, 0.4) is 0 Å². The highest BCUT2D eigenvalue weighted by molar-refractivity contribution is 6.07. The van der Waals surface area contributed by atoms with Crippen molar-refractivity contribution in [1.29, 1.82) is 0 Å². The summed E-state index contributed by atoms with van der Waals surface area (Å²) in [5, 5.41) is 7.19. The maximum atomic E-state index is 6.26. The number of benzene rings is 6. The van der Waals surface area contributed by atoms with Crippen molar-refractivity contribution in [2.75, 3.05) is 4.90 Å². The third-order valence-electron chi connectivity index (χ3n) is 9.40. The van der Waals surface area contributed by atoms with Crippen LogP contribution in [0.1, 0.15) is 12.0 Å². The first-order valence-corrected chi connectivity index (χ1v) is 15.6. The third-order valence-corrected chi connectivity index (χ3v) is 9.40. The van der Waals surface area contributed by atoms with Crippen LogP contribution < -0.4 is 15.3 Å². The van der Waals surface area contributed by atoms with E-state index in [2.05, 4.69) is 108 Å². The van der Waals surface area contributed by atoms with Crippen LogP contribution in [0.2, 0.25) is 0 Å². The fraction of sp³-hybridized carbons (Fsp3) is 0.0488. The monoisotopic (exact) mass is 590 g/mol. The number of hydrogen-bond acceptors (Lipinski definition) is 5. The molecule has 0 bridgehead atoms. The standard InChI is InChI=1S/C41H26N4O/c1-2-12-27(13-3-1)39-42-40(28-18-21-32-31-16-8-9-17-35(31)46-36(32)24-28)44-41(43-39)45-33-22-19-25-10-4-6-14-29(25)37(33)38-30-15-7-5-11-26(30)20-23-34(38)45/h1-22,24,34H,23H2. The Labute approximate surface area is 264 Å². The molecule has 8 aromatic rings. The first kappa shape index (κ1) is 25.3. The maximum absolute atomic E-state index is 6.26. The normalized spacial score (nSPS) is 15.2. The summed E-state index contributed by atoms with van der Waals surface area (Å²) >= 11 is 0. The second-order valence-corrected chi connectivity index (χ2v) is 12.0. The Morgan fingerprint density at radius 2 is 1.33 bits per heavy atom. The van der Waals surface area contributed by atoms with Crippen molar-refractivity contribution in [2.24, 2.45) is 0 Å². The lowest BCUT2D eigenvalue weighted by Gasteiger charge is -2.27. The molecule has 0 amide bonds. The van der Waals surface area contributed by atoms with Gasteiger partial charge in [-0.05, 0) is 57.5 Å². The minimum absolute atomic E-state index is 0.0485. The van der Waals surface area contributed by atoms with Crippen LogP contribution in [0.4, 0.5) is 11.6 Å². The molecule has 5 heteroatoms. The molecule has 10 rings (SSSR count). The van der Waals surface area contributed by atoms with Gasteiger partial charge in [0.05, 0.1) is 11.7 Å². The molecule has 0 saturated heterocycles. The van der Waals surface area contributed by atoms with Gasteiger partial charge in [0.15, 0.2) is 11.6 Å². The number of fused-ring (bicyclic) bond motifs is 9. The zero-order valence-corrected chi connectivity index (χ0v) is 24.8. The molecule has 2 aliphatic rings. The van der Waals surface area contributed by atoms with Gasteiger partial charge in [-0.2, -0.15) is 9.97 Å². The number of aromatic nitrogens is 3. The number of anilines is 2. The Kier molecular flexibility index (Phi) is 5.34. The quantitative estimate of drug-likeness (QED) is 0.208. The topological polar surface area (TPSA) is 55.1 Å². The minimum atomic E-state index is 0.0485. The lowest BCUT2D eigenvalue weighted by molar-refractivity contribution is 0.669. The van der Waals surface area contributed by atoms with E-state index in [9.17, 15) is 0 Å². The average Bonchev–Trinajstić information content (AvgIpc) is 3.67. The largest absolute Gasteiger partial charge is 0.456 e. The van der Waals surface area contributed by atoms with Gasteiger partial charge >= 0.3 is 0 Å². The first-order valence-electron chi connectivity index (χ1n) is 15.6. The van der Waals surface area contributed by atoms with Crippen molar-refractivity contribution in [2.45, 2.75) is 12.5 Å². The summed E-state index contributed by atoms with van der Waals surface area (Å²) in [4.78, 5) is 17.8. The fourth-order valence-corrected chi connectivity index (χ4v) is 7.33. The second-order valence-electron chi connectivity index (χ2n) is 12.0.